The molecule has 122 valence electrons. The van der Waals surface area contributed by atoms with E-state index in [4.69, 9.17) is 4.74 Å². The van der Waals surface area contributed by atoms with Gasteiger partial charge in [-0.15, -0.1) is 0 Å². The van der Waals surface area contributed by atoms with E-state index in [1.165, 1.54) is 5.56 Å². The number of hydrogen-bond acceptors (Lipinski definition) is 2. The standard InChI is InChI=1S/C20H25NO2/c1-4-23-19-13-12-18(14-15(19)2)20(22)21-16(3)10-11-17-8-6-5-7-9-17/h5-9,12-14,16H,4,10-11H2,1-3H3,(H,21,22). The molecule has 0 saturated carbocycles. The Bertz CT molecular complexity index is 637. The average molecular weight is 311 g/mol. The average Bonchev–Trinajstić information content (AvgIpc) is 2.56. The van der Waals surface area contributed by atoms with Gasteiger partial charge >= 0.3 is 0 Å². The van der Waals surface area contributed by atoms with Crippen LogP contribution in [0.25, 0.3) is 0 Å². The van der Waals surface area contributed by atoms with Gasteiger partial charge < -0.3 is 10.1 Å². The Morgan fingerprint density at radius 3 is 2.57 bits per heavy atom. The zero-order valence-electron chi connectivity index (χ0n) is 14.1. The Morgan fingerprint density at radius 1 is 1.17 bits per heavy atom. The summed E-state index contributed by atoms with van der Waals surface area (Å²) in [7, 11) is 0. The molecule has 0 saturated heterocycles. The van der Waals surface area contributed by atoms with Crippen molar-refractivity contribution in [2.45, 2.75) is 39.7 Å². The molecule has 0 bridgehead atoms. The van der Waals surface area contributed by atoms with E-state index in [1.54, 1.807) is 0 Å². The Balaban J connectivity index is 1.89. The first-order valence-corrected chi connectivity index (χ1v) is 8.18. The molecular formula is C20H25NO2. The van der Waals surface area contributed by atoms with E-state index < -0.39 is 0 Å². The van der Waals surface area contributed by atoms with E-state index in [9.17, 15) is 4.79 Å². The van der Waals surface area contributed by atoms with Crippen LogP contribution in [0.5, 0.6) is 5.75 Å². The lowest BCUT2D eigenvalue weighted by molar-refractivity contribution is 0.0938. The first kappa shape index (κ1) is 17.1. The number of carbonyl (C=O) groups excluding carboxylic acids is 1. The van der Waals surface area contributed by atoms with Crippen LogP contribution in [-0.2, 0) is 6.42 Å². The fraction of sp³-hybridized carbons (Fsp3) is 0.350. The van der Waals surface area contributed by atoms with Gasteiger partial charge in [-0.25, -0.2) is 0 Å². The summed E-state index contributed by atoms with van der Waals surface area (Å²) in [5, 5.41) is 3.07. The van der Waals surface area contributed by atoms with Gasteiger partial charge in [0, 0.05) is 11.6 Å². The minimum atomic E-state index is -0.0308. The second-order valence-electron chi connectivity index (χ2n) is 5.81. The topological polar surface area (TPSA) is 38.3 Å². The molecule has 0 spiro atoms. The summed E-state index contributed by atoms with van der Waals surface area (Å²) >= 11 is 0. The Hall–Kier alpha value is -2.29. The molecule has 2 rings (SSSR count). The molecule has 3 nitrogen and oxygen atoms in total. The number of carbonyl (C=O) groups is 1. The van der Waals surface area contributed by atoms with Crippen molar-refractivity contribution in [2.75, 3.05) is 6.61 Å². The van der Waals surface area contributed by atoms with E-state index in [-0.39, 0.29) is 11.9 Å². The third-order valence-electron chi connectivity index (χ3n) is 3.82. The molecule has 0 radical (unpaired) electrons. The number of nitrogens with one attached hydrogen (secondary N) is 1. The van der Waals surface area contributed by atoms with Gasteiger partial charge in [-0.05, 0) is 62.9 Å². The number of rotatable bonds is 7. The molecule has 2 aromatic rings. The lowest BCUT2D eigenvalue weighted by Crippen LogP contribution is -2.32. The maximum atomic E-state index is 12.3. The van der Waals surface area contributed by atoms with Gasteiger partial charge in [-0.3, -0.25) is 4.79 Å². The van der Waals surface area contributed by atoms with E-state index in [0.717, 1.165) is 24.2 Å². The number of aryl methyl sites for hydroxylation is 2. The fourth-order valence-electron chi connectivity index (χ4n) is 2.52. The minimum Gasteiger partial charge on any atom is -0.494 e. The van der Waals surface area contributed by atoms with Crippen LogP contribution in [0, 0.1) is 6.92 Å². The number of hydrogen-bond donors (Lipinski definition) is 1. The van der Waals surface area contributed by atoms with Crippen LogP contribution >= 0.6 is 0 Å². The maximum absolute atomic E-state index is 12.3. The van der Waals surface area contributed by atoms with Crippen molar-refractivity contribution in [2.24, 2.45) is 0 Å². The molecule has 0 heterocycles. The molecule has 1 unspecified atom stereocenters. The van der Waals surface area contributed by atoms with Crippen molar-refractivity contribution in [3.8, 4) is 5.75 Å². The summed E-state index contributed by atoms with van der Waals surface area (Å²) in [5.41, 5.74) is 2.96. The highest BCUT2D eigenvalue weighted by molar-refractivity contribution is 5.94. The SMILES string of the molecule is CCOc1ccc(C(=O)NC(C)CCc2ccccc2)cc1C. The molecule has 3 heteroatoms. The summed E-state index contributed by atoms with van der Waals surface area (Å²) in [6.07, 6.45) is 1.89. The summed E-state index contributed by atoms with van der Waals surface area (Å²) in [4.78, 5) is 12.3. The molecule has 1 atom stereocenters. The maximum Gasteiger partial charge on any atom is 0.251 e. The van der Waals surface area contributed by atoms with Crippen LogP contribution in [0.4, 0.5) is 0 Å². The quantitative estimate of drug-likeness (QED) is 0.834. The van der Waals surface area contributed by atoms with E-state index >= 15 is 0 Å². The van der Waals surface area contributed by atoms with Crippen molar-refractivity contribution < 1.29 is 9.53 Å². The van der Waals surface area contributed by atoms with Gasteiger partial charge in [0.05, 0.1) is 6.61 Å². The second kappa shape index (κ2) is 8.37. The first-order valence-electron chi connectivity index (χ1n) is 8.18. The lowest BCUT2D eigenvalue weighted by atomic mass is 10.1. The van der Waals surface area contributed by atoms with Crippen LogP contribution in [0.15, 0.2) is 48.5 Å². The molecule has 1 N–H and O–H groups in total. The molecule has 23 heavy (non-hydrogen) atoms. The Kier molecular flexibility index (Phi) is 6.21. The van der Waals surface area contributed by atoms with Gasteiger partial charge in [-0.2, -0.15) is 0 Å². The highest BCUT2D eigenvalue weighted by Gasteiger charge is 2.11. The van der Waals surface area contributed by atoms with E-state index in [0.29, 0.717) is 12.2 Å². The Labute approximate surface area is 138 Å². The smallest absolute Gasteiger partial charge is 0.251 e. The largest absolute Gasteiger partial charge is 0.494 e. The molecule has 0 aliphatic carbocycles. The highest BCUT2D eigenvalue weighted by atomic mass is 16.5. The normalized spacial score (nSPS) is 11.8. The molecular weight excluding hydrogens is 286 g/mol. The zero-order valence-corrected chi connectivity index (χ0v) is 14.1. The number of ether oxygens (including phenoxy) is 1. The third kappa shape index (κ3) is 5.13. The lowest BCUT2D eigenvalue weighted by Gasteiger charge is -2.15. The molecule has 0 fully saturated rings. The first-order chi connectivity index (χ1) is 11.1. The van der Waals surface area contributed by atoms with Crippen molar-refractivity contribution >= 4 is 5.91 Å². The third-order valence-corrected chi connectivity index (χ3v) is 3.82. The molecule has 1 amide bonds. The van der Waals surface area contributed by atoms with E-state index in [2.05, 4.69) is 17.4 Å². The van der Waals surface area contributed by atoms with Crippen molar-refractivity contribution in [3.05, 3.63) is 65.2 Å². The van der Waals surface area contributed by atoms with Crippen LogP contribution < -0.4 is 10.1 Å². The van der Waals surface area contributed by atoms with Gasteiger partial charge in [0.15, 0.2) is 0 Å². The fourth-order valence-corrected chi connectivity index (χ4v) is 2.52. The molecule has 0 aromatic heterocycles. The van der Waals surface area contributed by atoms with Crippen LogP contribution in [0.2, 0.25) is 0 Å². The van der Waals surface area contributed by atoms with Gasteiger partial charge in [0.2, 0.25) is 0 Å². The van der Waals surface area contributed by atoms with Crippen molar-refractivity contribution in [3.63, 3.8) is 0 Å². The van der Waals surface area contributed by atoms with Crippen molar-refractivity contribution in [1.29, 1.82) is 0 Å². The van der Waals surface area contributed by atoms with Crippen molar-refractivity contribution in [1.82, 2.24) is 5.32 Å². The molecule has 2 aromatic carbocycles. The zero-order chi connectivity index (χ0) is 16.7. The highest BCUT2D eigenvalue weighted by Crippen LogP contribution is 2.19. The predicted molar refractivity (Wildman–Crippen MR) is 94.0 cm³/mol. The number of benzene rings is 2. The summed E-state index contributed by atoms with van der Waals surface area (Å²) in [6, 6.07) is 16.0. The van der Waals surface area contributed by atoms with Crippen LogP contribution in [0.1, 0.15) is 41.8 Å². The monoisotopic (exact) mass is 311 g/mol. The van der Waals surface area contributed by atoms with Gasteiger partial charge in [-0.1, -0.05) is 30.3 Å². The second-order valence-corrected chi connectivity index (χ2v) is 5.81. The van der Waals surface area contributed by atoms with Gasteiger partial charge in [0.25, 0.3) is 5.91 Å². The van der Waals surface area contributed by atoms with E-state index in [1.807, 2.05) is 57.2 Å². The van der Waals surface area contributed by atoms with Gasteiger partial charge in [0.1, 0.15) is 5.75 Å². The summed E-state index contributed by atoms with van der Waals surface area (Å²) in [6.45, 7) is 6.58. The molecule has 0 aliphatic heterocycles. The van der Waals surface area contributed by atoms with Crippen LogP contribution in [-0.4, -0.2) is 18.6 Å². The number of amides is 1. The summed E-state index contributed by atoms with van der Waals surface area (Å²) < 4.78 is 5.51. The molecule has 0 aliphatic rings. The predicted octanol–water partition coefficient (Wildman–Crippen LogP) is 4.14. The minimum absolute atomic E-state index is 0.0308. The summed E-state index contributed by atoms with van der Waals surface area (Å²) in [5.74, 6) is 0.804. The Morgan fingerprint density at radius 2 is 1.91 bits per heavy atom. The van der Waals surface area contributed by atoms with Crippen LogP contribution in [0.3, 0.4) is 0 Å².